The summed E-state index contributed by atoms with van der Waals surface area (Å²) >= 11 is 0. The van der Waals surface area contributed by atoms with Gasteiger partial charge in [0.1, 0.15) is 5.75 Å². The summed E-state index contributed by atoms with van der Waals surface area (Å²) in [6.45, 7) is 5.42. The standard InChI is InChI=1S/C12H16O3/c1-8-7-11(13-3)9(2)6-10(8)12-14-4-5-15-12/h6-7,12H,4-5H2,1-3H3. The Labute approximate surface area is 90.0 Å². The maximum Gasteiger partial charge on any atom is 0.184 e. The fourth-order valence-electron chi connectivity index (χ4n) is 1.82. The number of rotatable bonds is 2. The van der Waals surface area contributed by atoms with E-state index in [4.69, 9.17) is 14.2 Å². The third-order valence-electron chi connectivity index (χ3n) is 2.66. The third kappa shape index (κ3) is 1.98. The van der Waals surface area contributed by atoms with Gasteiger partial charge < -0.3 is 14.2 Å². The number of hydrogen-bond acceptors (Lipinski definition) is 3. The van der Waals surface area contributed by atoms with Crippen molar-refractivity contribution in [2.75, 3.05) is 20.3 Å². The van der Waals surface area contributed by atoms with E-state index in [1.807, 2.05) is 19.9 Å². The number of benzene rings is 1. The SMILES string of the molecule is COc1cc(C)c(C2OCCO2)cc1C. The highest BCUT2D eigenvalue weighted by molar-refractivity contribution is 5.42. The van der Waals surface area contributed by atoms with Crippen LogP contribution in [0.1, 0.15) is 23.0 Å². The van der Waals surface area contributed by atoms with E-state index < -0.39 is 0 Å². The molecule has 1 aromatic rings. The lowest BCUT2D eigenvalue weighted by molar-refractivity contribution is -0.0446. The number of hydrogen-bond donors (Lipinski definition) is 0. The van der Waals surface area contributed by atoms with Crippen LogP contribution in [0.4, 0.5) is 0 Å². The van der Waals surface area contributed by atoms with Gasteiger partial charge >= 0.3 is 0 Å². The Kier molecular flexibility index (Phi) is 2.93. The Morgan fingerprint density at radius 3 is 2.40 bits per heavy atom. The molecular weight excluding hydrogens is 192 g/mol. The van der Waals surface area contributed by atoms with E-state index in [2.05, 4.69) is 6.07 Å². The topological polar surface area (TPSA) is 27.7 Å². The zero-order valence-corrected chi connectivity index (χ0v) is 9.37. The van der Waals surface area contributed by atoms with Crippen molar-refractivity contribution in [2.24, 2.45) is 0 Å². The second-order valence-electron chi connectivity index (χ2n) is 3.75. The maximum absolute atomic E-state index is 5.49. The molecule has 1 aliphatic heterocycles. The minimum absolute atomic E-state index is 0.199. The summed E-state index contributed by atoms with van der Waals surface area (Å²) in [5.41, 5.74) is 3.35. The molecule has 15 heavy (non-hydrogen) atoms. The molecule has 2 rings (SSSR count). The molecular formula is C12H16O3. The van der Waals surface area contributed by atoms with E-state index in [-0.39, 0.29) is 6.29 Å². The number of ether oxygens (including phenoxy) is 3. The normalized spacial score (nSPS) is 17.0. The molecule has 0 amide bonds. The molecule has 0 aromatic heterocycles. The van der Waals surface area contributed by atoms with E-state index in [1.54, 1.807) is 7.11 Å². The monoisotopic (exact) mass is 208 g/mol. The Bertz CT molecular complexity index is 354. The summed E-state index contributed by atoms with van der Waals surface area (Å²) in [6.07, 6.45) is -0.199. The van der Waals surface area contributed by atoms with Gasteiger partial charge in [0, 0.05) is 5.56 Å². The van der Waals surface area contributed by atoms with E-state index >= 15 is 0 Å². The molecule has 0 radical (unpaired) electrons. The predicted molar refractivity (Wildman–Crippen MR) is 57.1 cm³/mol. The highest BCUT2D eigenvalue weighted by Gasteiger charge is 2.21. The van der Waals surface area contributed by atoms with Gasteiger partial charge in [-0.15, -0.1) is 0 Å². The van der Waals surface area contributed by atoms with E-state index in [9.17, 15) is 0 Å². The molecule has 0 bridgehead atoms. The average molecular weight is 208 g/mol. The van der Waals surface area contributed by atoms with Crippen molar-refractivity contribution in [3.63, 3.8) is 0 Å². The van der Waals surface area contributed by atoms with Gasteiger partial charge in [-0.25, -0.2) is 0 Å². The van der Waals surface area contributed by atoms with Gasteiger partial charge in [-0.3, -0.25) is 0 Å². The van der Waals surface area contributed by atoms with Crippen LogP contribution in [0.2, 0.25) is 0 Å². The molecule has 0 saturated carbocycles. The molecule has 0 unspecified atom stereocenters. The van der Waals surface area contributed by atoms with E-state index in [1.165, 1.54) is 0 Å². The summed E-state index contributed by atoms with van der Waals surface area (Å²) in [6, 6.07) is 4.10. The Morgan fingerprint density at radius 1 is 1.13 bits per heavy atom. The number of aryl methyl sites for hydroxylation is 2. The minimum atomic E-state index is -0.199. The predicted octanol–water partition coefficient (Wildman–Crippen LogP) is 2.36. The molecule has 1 fully saturated rings. The Morgan fingerprint density at radius 2 is 1.80 bits per heavy atom. The van der Waals surface area contributed by atoms with Gasteiger partial charge in [0.15, 0.2) is 6.29 Å². The van der Waals surface area contributed by atoms with Gasteiger partial charge in [-0.05, 0) is 37.1 Å². The van der Waals surface area contributed by atoms with Crippen molar-refractivity contribution in [1.29, 1.82) is 0 Å². The molecule has 1 aromatic carbocycles. The van der Waals surface area contributed by atoms with Crippen molar-refractivity contribution in [2.45, 2.75) is 20.1 Å². The van der Waals surface area contributed by atoms with Gasteiger partial charge in [-0.1, -0.05) is 0 Å². The van der Waals surface area contributed by atoms with Crippen LogP contribution >= 0.6 is 0 Å². The Balaban J connectivity index is 2.35. The first-order valence-corrected chi connectivity index (χ1v) is 5.10. The maximum atomic E-state index is 5.49. The van der Waals surface area contributed by atoms with Crippen molar-refractivity contribution in [3.8, 4) is 5.75 Å². The lowest BCUT2D eigenvalue weighted by Crippen LogP contribution is -2.02. The second kappa shape index (κ2) is 4.21. The van der Waals surface area contributed by atoms with Gasteiger partial charge in [0.25, 0.3) is 0 Å². The highest BCUT2D eigenvalue weighted by Crippen LogP contribution is 2.30. The first-order chi connectivity index (χ1) is 7.22. The lowest BCUT2D eigenvalue weighted by atomic mass is 10.0. The van der Waals surface area contributed by atoms with Crippen LogP contribution in [0.25, 0.3) is 0 Å². The largest absolute Gasteiger partial charge is 0.496 e. The van der Waals surface area contributed by atoms with Gasteiger partial charge in [0.2, 0.25) is 0 Å². The van der Waals surface area contributed by atoms with Crippen molar-refractivity contribution >= 4 is 0 Å². The molecule has 0 atom stereocenters. The molecule has 3 heteroatoms. The van der Waals surface area contributed by atoms with Crippen LogP contribution in [-0.2, 0) is 9.47 Å². The van der Waals surface area contributed by atoms with Crippen LogP contribution in [0.5, 0.6) is 5.75 Å². The van der Waals surface area contributed by atoms with Crippen LogP contribution < -0.4 is 4.74 Å². The summed E-state index contributed by atoms with van der Waals surface area (Å²) in [4.78, 5) is 0. The third-order valence-corrected chi connectivity index (χ3v) is 2.66. The molecule has 3 nitrogen and oxygen atoms in total. The van der Waals surface area contributed by atoms with Crippen LogP contribution in [-0.4, -0.2) is 20.3 Å². The highest BCUT2D eigenvalue weighted by atomic mass is 16.7. The summed E-state index contributed by atoms with van der Waals surface area (Å²) in [5.74, 6) is 0.911. The fraction of sp³-hybridized carbons (Fsp3) is 0.500. The second-order valence-corrected chi connectivity index (χ2v) is 3.75. The summed E-state index contributed by atoms with van der Waals surface area (Å²) < 4.78 is 16.2. The minimum Gasteiger partial charge on any atom is -0.496 e. The Hall–Kier alpha value is -1.06. The zero-order chi connectivity index (χ0) is 10.8. The van der Waals surface area contributed by atoms with E-state index in [0.29, 0.717) is 13.2 Å². The first kappa shape index (κ1) is 10.5. The number of methoxy groups -OCH3 is 1. The van der Waals surface area contributed by atoms with Crippen LogP contribution in [0, 0.1) is 13.8 Å². The van der Waals surface area contributed by atoms with E-state index in [0.717, 1.165) is 22.4 Å². The summed E-state index contributed by atoms with van der Waals surface area (Å²) in [5, 5.41) is 0. The van der Waals surface area contributed by atoms with Crippen LogP contribution in [0.15, 0.2) is 12.1 Å². The lowest BCUT2D eigenvalue weighted by Gasteiger charge is -2.15. The molecule has 82 valence electrons. The smallest absolute Gasteiger partial charge is 0.184 e. The zero-order valence-electron chi connectivity index (χ0n) is 9.37. The molecule has 1 aliphatic rings. The van der Waals surface area contributed by atoms with Gasteiger partial charge in [0.05, 0.1) is 20.3 Å². The fourth-order valence-corrected chi connectivity index (χ4v) is 1.82. The first-order valence-electron chi connectivity index (χ1n) is 5.10. The molecule has 1 heterocycles. The molecule has 0 N–H and O–H groups in total. The summed E-state index contributed by atoms with van der Waals surface area (Å²) in [7, 11) is 1.68. The van der Waals surface area contributed by atoms with Gasteiger partial charge in [-0.2, -0.15) is 0 Å². The van der Waals surface area contributed by atoms with Crippen molar-refractivity contribution < 1.29 is 14.2 Å². The molecule has 0 spiro atoms. The van der Waals surface area contributed by atoms with Crippen LogP contribution in [0.3, 0.4) is 0 Å². The van der Waals surface area contributed by atoms with Crippen molar-refractivity contribution in [3.05, 3.63) is 28.8 Å². The quantitative estimate of drug-likeness (QED) is 0.746. The van der Waals surface area contributed by atoms with Crippen molar-refractivity contribution in [1.82, 2.24) is 0 Å². The molecule has 0 aliphatic carbocycles. The molecule has 1 saturated heterocycles. The average Bonchev–Trinajstić information content (AvgIpc) is 2.74.